The molecule has 0 spiro atoms. The first-order chi connectivity index (χ1) is 16.3. The number of hydrogen-bond acceptors (Lipinski definition) is 0. The number of rotatable bonds is 27. The minimum absolute atomic E-state index is 1.23. The Balaban J connectivity index is 3.54. The first-order valence-electron chi connectivity index (χ1n) is 16.0. The van der Waals surface area contributed by atoms with Gasteiger partial charge in [-0.05, 0) is 51.4 Å². The Morgan fingerprint density at radius 1 is 0.265 bits per heavy atom. The summed E-state index contributed by atoms with van der Waals surface area (Å²) in [4.78, 5) is 0. The quantitative estimate of drug-likeness (QED) is 0.0807. The fraction of sp³-hybridized carbons (Fsp3) is 1.00. The molecule has 34 heavy (non-hydrogen) atoms. The summed E-state index contributed by atoms with van der Waals surface area (Å²) in [7, 11) is 9.82. The molecule has 0 atom stereocenters. The van der Waals surface area contributed by atoms with E-state index < -0.39 is 0 Å². The van der Waals surface area contributed by atoms with E-state index in [1.807, 2.05) is 0 Å². The lowest BCUT2D eigenvalue weighted by Gasteiger charge is -2.31. The van der Waals surface area contributed by atoms with Crippen LogP contribution >= 0.6 is 0 Å². The molecule has 0 aromatic rings. The average molecular weight is 483 g/mol. The van der Waals surface area contributed by atoms with E-state index in [2.05, 4.69) is 42.0 Å². The van der Waals surface area contributed by atoms with Gasteiger partial charge in [-0.2, -0.15) is 0 Å². The van der Waals surface area contributed by atoms with E-state index in [4.69, 9.17) is 0 Å². The maximum Gasteiger partial charge on any atom is 0.0782 e. The van der Waals surface area contributed by atoms with Crippen molar-refractivity contribution in [2.24, 2.45) is 0 Å². The first kappa shape index (κ1) is 33.9. The molecular weight excluding hydrogens is 412 g/mol. The van der Waals surface area contributed by atoms with Crippen LogP contribution in [0.2, 0.25) is 0 Å². The highest BCUT2D eigenvalue weighted by molar-refractivity contribution is 4.50. The number of unbranched alkanes of at least 4 members (excludes halogenated alkanes) is 19. The smallest absolute Gasteiger partial charge is 0.0782 e. The normalized spacial score (nSPS) is 12.5. The minimum Gasteiger partial charge on any atom is -0.328 e. The van der Waals surface area contributed by atoms with Gasteiger partial charge in [0.25, 0.3) is 0 Å². The van der Waals surface area contributed by atoms with E-state index in [-0.39, 0.29) is 0 Å². The van der Waals surface area contributed by atoms with Crippen LogP contribution in [0.3, 0.4) is 0 Å². The van der Waals surface area contributed by atoms with Crippen molar-refractivity contribution in [1.82, 2.24) is 0 Å². The predicted octanol–water partition coefficient (Wildman–Crippen LogP) is 9.76. The van der Waals surface area contributed by atoms with Gasteiger partial charge in [-0.25, -0.2) is 0 Å². The molecule has 0 unspecified atom stereocenters. The Morgan fingerprint density at radius 2 is 0.441 bits per heavy atom. The van der Waals surface area contributed by atoms with Crippen molar-refractivity contribution in [3.05, 3.63) is 0 Å². The SMILES string of the molecule is CCCCCCCCCCC[N+](C)(C)CCCCCC[N+](C)(C)CCCCCCCCCCC. The molecule has 0 saturated heterocycles. The van der Waals surface area contributed by atoms with Crippen molar-refractivity contribution in [3.8, 4) is 0 Å². The van der Waals surface area contributed by atoms with Crippen molar-refractivity contribution in [2.45, 2.75) is 155 Å². The molecule has 0 rings (SSSR count). The number of quaternary nitrogens is 2. The zero-order chi connectivity index (χ0) is 25.4. The molecule has 0 heterocycles. The van der Waals surface area contributed by atoms with Crippen molar-refractivity contribution >= 4 is 0 Å². The molecule has 0 aliphatic rings. The van der Waals surface area contributed by atoms with Crippen LogP contribution in [0, 0.1) is 0 Å². The topological polar surface area (TPSA) is 0 Å². The lowest BCUT2D eigenvalue weighted by atomic mass is 10.1. The summed E-state index contributed by atoms with van der Waals surface area (Å²) in [6, 6.07) is 0. The zero-order valence-electron chi connectivity index (χ0n) is 25.3. The van der Waals surface area contributed by atoms with Crippen LogP contribution in [-0.2, 0) is 0 Å². The fourth-order valence-electron chi connectivity index (χ4n) is 5.36. The predicted molar refractivity (Wildman–Crippen MR) is 157 cm³/mol. The average Bonchev–Trinajstić information content (AvgIpc) is 2.79. The minimum atomic E-state index is 1.23. The molecule has 0 bridgehead atoms. The van der Waals surface area contributed by atoms with Gasteiger partial charge in [-0.15, -0.1) is 0 Å². The van der Waals surface area contributed by atoms with Crippen LogP contribution < -0.4 is 0 Å². The monoisotopic (exact) mass is 483 g/mol. The molecule has 0 aromatic heterocycles. The fourth-order valence-corrected chi connectivity index (χ4v) is 5.36. The molecule has 2 nitrogen and oxygen atoms in total. The molecule has 0 aliphatic heterocycles. The van der Waals surface area contributed by atoms with Gasteiger partial charge in [0.05, 0.1) is 54.4 Å². The number of hydrogen-bond donors (Lipinski definition) is 0. The second kappa shape index (κ2) is 23.3. The van der Waals surface area contributed by atoms with Gasteiger partial charge >= 0.3 is 0 Å². The Morgan fingerprint density at radius 3 is 0.647 bits per heavy atom. The standard InChI is InChI=1S/C32H70N2/c1-7-9-11-13-15-17-19-21-25-29-33(3,4)31-27-23-24-28-32-34(5,6)30-26-22-20-18-16-14-12-10-8-2/h7-32H2,1-6H3/q+2. The highest BCUT2D eigenvalue weighted by atomic mass is 15.3. The van der Waals surface area contributed by atoms with E-state index in [1.54, 1.807) is 0 Å². The molecule has 0 saturated carbocycles. The molecule has 0 N–H and O–H groups in total. The highest BCUT2D eigenvalue weighted by Gasteiger charge is 2.15. The van der Waals surface area contributed by atoms with E-state index in [0.717, 1.165) is 0 Å². The van der Waals surface area contributed by atoms with Gasteiger partial charge in [0, 0.05) is 0 Å². The van der Waals surface area contributed by atoms with Crippen molar-refractivity contribution in [3.63, 3.8) is 0 Å². The van der Waals surface area contributed by atoms with Crippen LogP contribution in [0.25, 0.3) is 0 Å². The first-order valence-corrected chi connectivity index (χ1v) is 16.0. The summed E-state index contributed by atoms with van der Waals surface area (Å²) in [5.41, 5.74) is 0. The van der Waals surface area contributed by atoms with Crippen molar-refractivity contribution < 1.29 is 8.97 Å². The van der Waals surface area contributed by atoms with Crippen LogP contribution in [0.4, 0.5) is 0 Å². The Hall–Kier alpha value is -0.0800. The van der Waals surface area contributed by atoms with E-state index in [1.165, 1.54) is 176 Å². The van der Waals surface area contributed by atoms with Gasteiger partial charge in [0.2, 0.25) is 0 Å². The Labute approximate surface area is 218 Å². The number of nitrogens with zero attached hydrogens (tertiary/aromatic N) is 2. The Kier molecular flexibility index (Phi) is 23.3. The Bertz CT molecular complexity index is 364. The third kappa shape index (κ3) is 25.0. The van der Waals surface area contributed by atoms with Crippen LogP contribution in [0.5, 0.6) is 0 Å². The lowest BCUT2D eigenvalue weighted by Crippen LogP contribution is -2.41. The van der Waals surface area contributed by atoms with Crippen molar-refractivity contribution in [2.75, 3.05) is 54.4 Å². The summed E-state index contributed by atoms with van der Waals surface area (Å²) in [6.07, 6.45) is 31.6. The van der Waals surface area contributed by atoms with Gasteiger partial charge in [-0.1, -0.05) is 104 Å². The van der Waals surface area contributed by atoms with Crippen LogP contribution in [0.1, 0.15) is 155 Å². The molecular formula is C32H70N2+2. The summed E-state index contributed by atoms with van der Waals surface area (Å²) >= 11 is 0. The molecule has 2 heteroatoms. The van der Waals surface area contributed by atoms with Gasteiger partial charge < -0.3 is 8.97 Å². The molecule has 0 radical (unpaired) electrons. The highest BCUT2D eigenvalue weighted by Crippen LogP contribution is 2.14. The van der Waals surface area contributed by atoms with E-state index >= 15 is 0 Å². The second-order valence-electron chi connectivity index (χ2n) is 12.8. The molecule has 0 fully saturated rings. The maximum atomic E-state index is 2.45. The largest absolute Gasteiger partial charge is 0.328 e. The summed E-state index contributed by atoms with van der Waals surface area (Å²) in [5.74, 6) is 0. The summed E-state index contributed by atoms with van der Waals surface area (Å²) < 4.78 is 2.47. The molecule has 0 aromatic carbocycles. The van der Waals surface area contributed by atoms with Crippen molar-refractivity contribution in [1.29, 1.82) is 0 Å². The van der Waals surface area contributed by atoms with Gasteiger partial charge in [0.15, 0.2) is 0 Å². The summed E-state index contributed by atoms with van der Waals surface area (Å²) in [5, 5.41) is 0. The van der Waals surface area contributed by atoms with Crippen LogP contribution in [-0.4, -0.2) is 63.3 Å². The maximum absolute atomic E-state index is 2.45. The second-order valence-corrected chi connectivity index (χ2v) is 12.8. The lowest BCUT2D eigenvalue weighted by molar-refractivity contribution is -0.891. The zero-order valence-corrected chi connectivity index (χ0v) is 25.3. The van der Waals surface area contributed by atoms with Crippen LogP contribution in [0.15, 0.2) is 0 Å². The van der Waals surface area contributed by atoms with Gasteiger partial charge in [0.1, 0.15) is 0 Å². The molecule has 0 amide bonds. The third-order valence-electron chi connectivity index (χ3n) is 8.01. The molecule has 206 valence electrons. The van der Waals surface area contributed by atoms with Gasteiger partial charge in [-0.3, -0.25) is 0 Å². The summed E-state index contributed by atoms with van der Waals surface area (Å²) in [6.45, 7) is 10.1. The molecule has 0 aliphatic carbocycles. The van der Waals surface area contributed by atoms with E-state index in [9.17, 15) is 0 Å². The van der Waals surface area contributed by atoms with E-state index in [0.29, 0.717) is 0 Å². The third-order valence-corrected chi connectivity index (χ3v) is 8.01.